The van der Waals surface area contributed by atoms with Crippen molar-refractivity contribution in [3.8, 4) is 0 Å². The third kappa shape index (κ3) is 2.33. The van der Waals surface area contributed by atoms with Gasteiger partial charge in [-0.1, -0.05) is 32.1 Å². The first-order valence-corrected chi connectivity index (χ1v) is 7.53. The smallest absolute Gasteiger partial charge is 0.250 e. The number of aromatic nitrogens is 1. The number of pyridine rings is 1. The summed E-state index contributed by atoms with van der Waals surface area (Å²) in [6.45, 7) is 8.86. The van der Waals surface area contributed by atoms with Crippen molar-refractivity contribution in [1.82, 2.24) is 9.88 Å². The molecule has 3 aliphatic rings. The Morgan fingerprint density at radius 2 is 2.19 bits per heavy atom. The molecule has 0 aliphatic heterocycles. The van der Waals surface area contributed by atoms with E-state index in [1.54, 1.807) is 18.3 Å². The van der Waals surface area contributed by atoms with Crippen molar-refractivity contribution in [2.24, 2.45) is 17.3 Å². The van der Waals surface area contributed by atoms with Gasteiger partial charge in [-0.05, 0) is 36.2 Å². The third-order valence-corrected chi connectivity index (χ3v) is 5.43. The fourth-order valence-electron chi connectivity index (χ4n) is 3.86. The number of carbonyl (C=O) groups is 1. The van der Waals surface area contributed by atoms with E-state index in [-0.39, 0.29) is 24.1 Å². The number of hydrogen-bond donors (Lipinski definition) is 1. The lowest BCUT2D eigenvalue weighted by Crippen LogP contribution is -2.57. The maximum Gasteiger partial charge on any atom is 0.250 e. The number of nitrogens with zero attached hydrogens (tertiary/aromatic N) is 1. The molecule has 0 aromatic carbocycles. The summed E-state index contributed by atoms with van der Waals surface area (Å²) >= 11 is 0. The number of nitrogens with one attached hydrogen (secondary N) is 1. The summed E-state index contributed by atoms with van der Waals surface area (Å²) in [5.74, 6) is 1.06. The van der Waals surface area contributed by atoms with Crippen molar-refractivity contribution in [2.75, 3.05) is 0 Å². The molecule has 1 heterocycles. The molecular formula is C17H22N2O2. The molecule has 1 unspecified atom stereocenters. The van der Waals surface area contributed by atoms with Gasteiger partial charge in [0.25, 0.3) is 5.56 Å². The molecule has 4 nitrogen and oxygen atoms in total. The second-order valence-corrected chi connectivity index (χ2v) is 6.90. The van der Waals surface area contributed by atoms with Crippen LogP contribution in [0.3, 0.4) is 0 Å². The van der Waals surface area contributed by atoms with Gasteiger partial charge in [0.1, 0.15) is 6.54 Å². The molecule has 3 saturated carbocycles. The molecule has 2 bridgehead atoms. The van der Waals surface area contributed by atoms with Gasteiger partial charge in [0.2, 0.25) is 5.91 Å². The SMILES string of the molecule is C=C1C(NC(=O)Cn2ccccc2=O)C[C@H]2C[C@@H]1C2(C)C. The zero-order chi connectivity index (χ0) is 15.2. The van der Waals surface area contributed by atoms with Crippen LogP contribution in [0, 0.1) is 17.3 Å². The topological polar surface area (TPSA) is 51.1 Å². The van der Waals surface area contributed by atoms with Crippen LogP contribution in [0.4, 0.5) is 0 Å². The number of amides is 1. The minimum Gasteiger partial charge on any atom is -0.348 e. The molecule has 1 N–H and O–H groups in total. The summed E-state index contributed by atoms with van der Waals surface area (Å²) in [5, 5.41) is 3.04. The van der Waals surface area contributed by atoms with Crippen LogP contribution in [0.5, 0.6) is 0 Å². The maximum absolute atomic E-state index is 12.1. The molecule has 0 spiro atoms. The van der Waals surface area contributed by atoms with Crippen LogP contribution in [0.25, 0.3) is 0 Å². The second-order valence-electron chi connectivity index (χ2n) is 6.90. The predicted octanol–water partition coefficient (Wildman–Crippen LogP) is 1.96. The van der Waals surface area contributed by atoms with Gasteiger partial charge in [-0.2, -0.15) is 0 Å². The van der Waals surface area contributed by atoms with Gasteiger partial charge in [-0.3, -0.25) is 9.59 Å². The lowest BCUT2D eigenvalue weighted by atomic mass is 9.46. The van der Waals surface area contributed by atoms with E-state index in [4.69, 9.17) is 0 Å². The van der Waals surface area contributed by atoms with E-state index in [9.17, 15) is 9.59 Å². The molecule has 4 rings (SSSR count). The lowest BCUT2D eigenvalue weighted by molar-refractivity contribution is -0.123. The highest BCUT2D eigenvalue weighted by Gasteiger charge is 2.54. The first-order chi connectivity index (χ1) is 9.89. The molecule has 112 valence electrons. The first kappa shape index (κ1) is 14.1. The Kier molecular flexibility index (Phi) is 3.27. The molecule has 0 radical (unpaired) electrons. The van der Waals surface area contributed by atoms with Gasteiger partial charge in [-0.25, -0.2) is 0 Å². The summed E-state index contributed by atoms with van der Waals surface area (Å²) in [6, 6.07) is 4.96. The standard InChI is InChI=1S/C17H22N2O2/c1-11-13-8-12(17(13,2)3)9-14(11)18-15(20)10-19-7-5-4-6-16(19)21/h4-7,12-14H,1,8-10H2,2-3H3,(H,18,20)/t12-,13+,14?/m1/s1. The third-order valence-electron chi connectivity index (χ3n) is 5.43. The summed E-state index contributed by atoms with van der Waals surface area (Å²) in [5.41, 5.74) is 1.32. The van der Waals surface area contributed by atoms with E-state index in [0.717, 1.165) is 12.0 Å². The van der Waals surface area contributed by atoms with E-state index < -0.39 is 0 Å². The van der Waals surface area contributed by atoms with Crippen molar-refractivity contribution in [3.05, 3.63) is 46.9 Å². The quantitative estimate of drug-likeness (QED) is 0.864. The molecule has 3 aliphatic carbocycles. The predicted molar refractivity (Wildman–Crippen MR) is 81.8 cm³/mol. The van der Waals surface area contributed by atoms with E-state index >= 15 is 0 Å². The van der Waals surface area contributed by atoms with Crippen LogP contribution in [-0.4, -0.2) is 16.5 Å². The molecule has 4 heteroatoms. The molecule has 3 atom stereocenters. The molecular weight excluding hydrogens is 264 g/mol. The minimum atomic E-state index is -0.154. The number of rotatable bonds is 3. The number of carbonyl (C=O) groups excluding carboxylic acids is 1. The van der Waals surface area contributed by atoms with E-state index in [2.05, 4.69) is 25.7 Å². The highest BCUT2D eigenvalue weighted by molar-refractivity contribution is 5.76. The summed E-state index contributed by atoms with van der Waals surface area (Å²) in [6.07, 6.45) is 3.81. The molecule has 1 aromatic rings. The molecule has 21 heavy (non-hydrogen) atoms. The zero-order valence-electron chi connectivity index (χ0n) is 12.6. The minimum absolute atomic E-state index is 0.0636. The van der Waals surface area contributed by atoms with Crippen molar-refractivity contribution >= 4 is 5.91 Å². The van der Waals surface area contributed by atoms with Crippen LogP contribution < -0.4 is 10.9 Å². The first-order valence-electron chi connectivity index (χ1n) is 7.53. The van der Waals surface area contributed by atoms with Crippen LogP contribution in [0.2, 0.25) is 0 Å². The van der Waals surface area contributed by atoms with Crippen molar-refractivity contribution in [3.63, 3.8) is 0 Å². The van der Waals surface area contributed by atoms with E-state index in [1.165, 1.54) is 17.1 Å². The van der Waals surface area contributed by atoms with Gasteiger partial charge in [0, 0.05) is 12.3 Å². The fourth-order valence-corrected chi connectivity index (χ4v) is 3.86. The molecule has 1 amide bonds. The highest BCUT2D eigenvalue weighted by Crippen LogP contribution is 2.60. The van der Waals surface area contributed by atoms with Crippen molar-refractivity contribution in [2.45, 2.75) is 39.3 Å². The summed E-state index contributed by atoms with van der Waals surface area (Å²) < 4.78 is 1.42. The Morgan fingerprint density at radius 3 is 2.81 bits per heavy atom. The van der Waals surface area contributed by atoms with E-state index in [1.807, 2.05) is 0 Å². The van der Waals surface area contributed by atoms with Gasteiger partial charge in [-0.15, -0.1) is 0 Å². The van der Waals surface area contributed by atoms with E-state index in [0.29, 0.717) is 17.3 Å². The highest BCUT2D eigenvalue weighted by atomic mass is 16.2. The fraction of sp³-hybridized carbons (Fsp3) is 0.529. The molecule has 0 saturated heterocycles. The van der Waals surface area contributed by atoms with Gasteiger partial charge in [0.15, 0.2) is 0 Å². The summed E-state index contributed by atoms with van der Waals surface area (Å²) in [4.78, 5) is 23.8. The van der Waals surface area contributed by atoms with Gasteiger partial charge >= 0.3 is 0 Å². The Bertz CT molecular complexity index is 644. The number of fused-ring (bicyclic) bond motifs is 2. The van der Waals surface area contributed by atoms with Crippen molar-refractivity contribution in [1.29, 1.82) is 0 Å². The molecule has 1 aromatic heterocycles. The Hall–Kier alpha value is -1.84. The van der Waals surface area contributed by atoms with Crippen LogP contribution in [0.15, 0.2) is 41.3 Å². The number of hydrogen-bond acceptors (Lipinski definition) is 2. The van der Waals surface area contributed by atoms with Gasteiger partial charge < -0.3 is 9.88 Å². The molecule has 3 fully saturated rings. The maximum atomic E-state index is 12.1. The lowest BCUT2D eigenvalue weighted by Gasteiger charge is -2.60. The Morgan fingerprint density at radius 1 is 1.43 bits per heavy atom. The second kappa shape index (κ2) is 4.86. The Labute approximate surface area is 124 Å². The monoisotopic (exact) mass is 286 g/mol. The normalized spacial score (nSPS) is 29.6. The summed E-state index contributed by atoms with van der Waals surface area (Å²) in [7, 11) is 0. The van der Waals surface area contributed by atoms with Crippen LogP contribution >= 0.6 is 0 Å². The average molecular weight is 286 g/mol. The zero-order valence-corrected chi connectivity index (χ0v) is 12.6. The Balaban J connectivity index is 1.63. The largest absolute Gasteiger partial charge is 0.348 e. The van der Waals surface area contributed by atoms with Crippen molar-refractivity contribution < 1.29 is 4.79 Å². The van der Waals surface area contributed by atoms with Crippen LogP contribution in [-0.2, 0) is 11.3 Å². The average Bonchev–Trinajstić information content (AvgIpc) is 2.43. The van der Waals surface area contributed by atoms with Crippen LogP contribution in [0.1, 0.15) is 26.7 Å². The van der Waals surface area contributed by atoms with Gasteiger partial charge in [0.05, 0.1) is 6.04 Å².